The zero-order valence-electron chi connectivity index (χ0n) is 34.5. The summed E-state index contributed by atoms with van der Waals surface area (Å²) in [5.41, 5.74) is -3.54. The fourth-order valence-electron chi connectivity index (χ4n) is 8.45. The first-order valence-corrected chi connectivity index (χ1v) is 22.1. The summed E-state index contributed by atoms with van der Waals surface area (Å²) < 4.78 is 99.5. The molecule has 1 saturated heterocycles. The van der Waals surface area contributed by atoms with Gasteiger partial charge in [0.15, 0.2) is 18.0 Å². The molecule has 0 spiro atoms. The highest BCUT2D eigenvalue weighted by Gasteiger charge is 2.67. The molecule has 0 radical (unpaired) electrons. The molecule has 4 amide bonds. The van der Waals surface area contributed by atoms with Crippen LogP contribution in [0.25, 0.3) is 11.0 Å². The maximum atomic E-state index is 16.3. The SMILES string of the molecule is CC[C@@H]1[C@@H]2CN(C(=O)[C@H](C(C)(C)C)NC(=O)O[C@@H]3C[C@H]3CCCCC(F)(F)c3nc4ccc(C#N)cc4nc3O2)[C@@H]1C(=O)[NH+]=C[C@]1(C(=O)NS(=O)(=O)C2(C)CC2)C[C@H]1C(F)F. The summed E-state index contributed by atoms with van der Waals surface area (Å²) in [5.74, 6) is -9.82. The van der Waals surface area contributed by atoms with Gasteiger partial charge in [-0.15, -0.1) is 0 Å². The van der Waals surface area contributed by atoms with Crippen molar-refractivity contribution in [3.8, 4) is 11.9 Å². The lowest BCUT2D eigenvalue weighted by Gasteiger charge is -2.34. The minimum Gasteiger partial charge on any atom is -0.471 e. The number of benzene rings is 1. The van der Waals surface area contributed by atoms with E-state index < -0.39 is 129 Å². The molecule has 3 N–H and O–H groups in total. The minimum atomic E-state index is -4.25. The van der Waals surface area contributed by atoms with Crippen LogP contribution in [0.3, 0.4) is 0 Å². The standard InChI is InChI=1S/C41H49F4N7O8S/c1-6-23-28-19-52(29(23)33(53)47-20-40(17-24(40)32(42)43)36(55)51-61(57,58)39(5)13-14-39)35(54)31(38(2,3)4)50-37(56)60-27-16-22(27)9-7-8-12-41(44,45)30-34(59-28)49-26-15-21(18-46)10-11-25(26)48-30/h10-11,15,20,22-24,27-29,31-32H,6-9,12-14,16-17,19H2,1-5H3,(H,50,56)(H,51,55)/p+1/t22-,23-,24+,27-,28+,29+,31-,40-/m1/s1. The number of nitriles is 1. The Labute approximate surface area is 350 Å². The van der Waals surface area contributed by atoms with E-state index in [0.717, 1.165) is 11.1 Å². The van der Waals surface area contributed by atoms with Crippen molar-refractivity contribution in [3.63, 3.8) is 0 Å². The van der Waals surface area contributed by atoms with Gasteiger partial charge in [0.05, 0.1) is 34.0 Å². The molecular formula is C41H50F4N7O8S+. The number of alkyl halides is 4. The van der Waals surface area contributed by atoms with E-state index in [4.69, 9.17) is 9.47 Å². The third kappa shape index (κ3) is 8.63. The van der Waals surface area contributed by atoms with Gasteiger partial charge >= 0.3 is 12.0 Å². The molecule has 2 bridgehead atoms. The van der Waals surface area contributed by atoms with Gasteiger partial charge in [0, 0.05) is 18.3 Å². The Morgan fingerprint density at radius 1 is 1.11 bits per heavy atom. The van der Waals surface area contributed by atoms with Crippen LogP contribution in [0.5, 0.6) is 5.88 Å². The Bertz CT molecular complexity index is 2310. The zero-order chi connectivity index (χ0) is 44.4. The molecule has 61 heavy (non-hydrogen) atoms. The molecule has 7 rings (SSSR count). The van der Waals surface area contributed by atoms with Crippen molar-refractivity contribution in [1.29, 1.82) is 5.26 Å². The number of rotatable bonds is 7. The van der Waals surface area contributed by atoms with Gasteiger partial charge in [0.25, 0.3) is 5.92 Å². The molecule has 0 unspecified atom stereocenters. The predicted octanol–water partition coefficient (Wildman–Crippen LogP) is 3.63. The van der Waals surface area contributed by atoms with Gasteiger partial charge in [0.2, 0.25) is 34.1 Å². The van der Waals surface area contributed by atoms with E-state index in [1.807, 2.05) is 10.8 Å². The van der Waals surface area contributed by atoms with Crippen LogP contribution in [-0.2, 0) is 35.1 Å². The summed E-state index contributed by atoms with van der Waals surface area (Å²) in [6, 6.07) is 3.34. The number of amides is 4. The topological polar surface area (TPSA) is 212 Å². The number of sulfonamides is 1. The normalized spacial score (nSPS) is 31.1. The molecule has 5 aliphatic rings. The molecule has 330 valence electrons. The first kappa shape index (κ1) is 44.1. The van der Waals surface area contributed by atoms with Gasteiger partial charge < -0.3 is 19.7 Å². The van der Waals surface area contributed by atoms with E-state index >= 15 is 8.78 Å². The van der Waals surface area contributed by atoms with E-state index in [2.05, 4.69) is 20.3 Å². The average molecular weight is 877 g/mol. The van der Waals surface area contributed by atoms with E-state index in [1.165, 1.54) is 25.1 Å². The first-order chi connectivity index (χ1) is 28.5. The molecular weight excluding hydrogens is 827 g/mol. The van der Waals surface area contributed by atoms with Crippen molar-refractivity contribution in [1.82, 2.24) is 24.9 Å². The van der Waals surface area contributed by atoms with Crippen molar-refractivity contribution >= 4 is 51.1 Å². The molecule has 2 aliphatic heterocycles. The first-order valence-electron chi connectivity index (χ1n) is 20.6. The van der Waals surface area contributed by atoms with E-state index in [9.17, 15) is 41.6 Å². The maximum absolute atomic E-state index is 16.3. The van der Waals surface area contributed by atoms with E-state index in [1.54, 1.807) is 27.7 Å². The number of aromatic nitrogens is 2. The van der Waals surface area contributed by atoms with Crippen LogP contribution < -0.4 is 19.8 Å². The predicted molar refractivity (Wildman–Crippen MR) is 208 cm³/mol. The summed E-state index contributed by atoms with van der Waals surface area (Å²) in [6.45, 7) is 7.70. The van der Waals surface area contributed by atoms with Crippen molar-refractivity contribution < 1.29 is 59.6 Å². The van der Waals surface area contributed by atoms with Crippen molar-refractivity contribution in [2.75, 3.05) is 6.54 Å². The summed E-state index contributed by atoms with van der Waals surface area (Å²) in [6.07, 6.45) is -3.81. The van der Waals surface area contributed by atoms with Gasteiger partial charge in [-0.2, -0.15) is 19.0 Å². The Kier molecular flexibility index (Phi) is 11.4. The number of hydrogen-bond donors (Lipinski definition) is 3. The minimum absolute atomic E-state index is 0.0666. The number of hydrogen-bond acceptors (Lipinski definition) is 11. The highest BCUT2D eigenvalue weighted by Crippen LogP contribution is 2.55. The Balaban J connectivity index is 1.29. The highest BCUT2D eigenvalue weighted by molar-refractivity contribution is 7.91. The van der Waals surface area contributed by atoms with Crippen molar-refractivity contribution in [3.05, 3.63) is 29.5 Å². The number of nitrogens with zero attached hydrogens (tertiary/aromatic N) is 4. The largest absolute Gasteiger partial charge is 0.471 e. The van der Waals surface area contributed by atoms with Crippen molar-refractivity contribution in [2.45, 2.75) is 134 Å². The Morgan fingerprint density at radius 2 is 1.84 bits per heavy atom. The molecule has 20 heteroatoms. The van der Waals surface area contributed by atoms with Crippen LogP contribution in [0, 0.1) is 39.9 Å². The summed E-state index contributed by atoms with van der Waals surface area (Å²) in [4.78, 5) is 68.2. The Morgan fingerprint density at radius 3 is 2.46 bits per heavy atom. The van der Waals surface area contributed by atoms with Crippen LogP contribution in [0.2, 0.25) is 0 Å². The lowest BCUT2D eigenvalue weighted by Crippen LogP contribution is -2.81. The molecule has 15 nitrogen and oxygen atoms in total. The Hall–Kier alpha value is -4.93. The summed E-state index contributed by atoms with van der Waals surface area (Å²) in [7, 11) is -4.25. The average Bonchev–Trinajstić information content (AvgIpc) is 4.14. The molecule has 3 aliphatic carbocycles. The molecule has 8 atom stereocenters. The van der Waals surface area contributed by atoms with Crippen LogP contribution in [-0.4, -0.2) is 95.3 Å². The van der Waals surface area contributed by atoms with Gasteiger partial charge in [0.1, 0.15) is 23.7 Å². The van der Waals surface area contributed by atoms with E-state index in [0.29, 0.717) is 19.3 Å². The van der Waals surface area contributed by atoms with Crippen molar-refractivity contribution in [2.24, 2.45) is 28.6 Å². The highest BCUT2D eigenvalue weighted by atomic mass is 32.2. The summed E-state index contributed by atoms with van der Waals surface area (Å²) in [5, 5.41) is 12.2. The molecule has 3 saturated carbocycles. The second-order valence-electron chi connectivity index (χ2n) is 18.4. The smallest absolute Gasteiger partial charge is 0.408 e. The van der Waals surface area contributed by atoms with Crippen LogP contribution in [0.4, 0.5) is 22.4 Å². The fourth-order valence-corrected chi connectivity index (χ4v) is 9.77. The number of carbonyl (C=O) groups is 4. The van der Waals surface area contributed by atoms with E-state index in [-0.39, 0.29) is 48.2 Å². The molecule has 1 aromatic carbocycles. The van der Waals surface area contributed by atoms with Gasteiger partial charge in [-0.05, 0) is 81.4 Å². The number of nitrogens with one attached hydrogen (secondary N) is 3. The van der Waals surface area contributed by atoms with Crippen LogP contribution in [0.15, 0.2) is 18.2 Å². The van der Waals surface area contributed by atoms with Crippen LogP contribution >= 0.6 is 0 Å². The summed E-state index contributed by atoms with van der Waals surface area (Å²) >= 11 is 0. The number of ether oxygens (including phenoxy) is 2. The molecule has 2 aromatic rings. The maximum Gasteiger partial charge on any atom is 0.408 e. The second kappa shape index (κ2) is 15.8. The number of alkyl carbamates (subject to hydrolysis) is 1. The number of fused-ring (bicyclic) bond motifs is 5. The molecule has 4 fully saturated rings. The van der Waals surface area contributed by atoms with Gasteiger partial charge in [-0.1, -0.05) is 34.1 Å². The fraction of sp³-hybridized carbons (Fsp3) is 0.659. The number of carbonyl (C=O) groups excluding carboxylic acids is 4. The number of halogens is 4. The van der Waals surface area contributed by atoms with Gasteiger partial charge in [-0.25, -0.2) is 36.8 Å². The third-order valence-electron chi connectivity index (χ3n) is 12.9. The molecule has 1 aromatic heterocycles. The third-order valence-corrected chi connectivity index (χ3v) is 15.0. The molecule has 3 heterocycles. The second-order valence-corrected chi connectivity index (χ2v) is 20.6. The quantitative estimate of drug-likeness (QED) is 0.270. The zero-order valence-corrected chi connectivity index (χ0v) is 35.3. The monoisotopic (exact) mass is 876 g/mol. The lowest BCUT2D eigenvalue weighted by molar-refractivity contribution is -0.380. The van der Waals surface area contributed by atoms with Gasteiger partial charge in [-0.3, -0.25) is 14.3 Å². The lowest BCUT2D eigenvalue weighted by atomic mass is 9.85. The van der Waals surface area contributed by atoms with Crippen LogP contribution in [0.1, 0.15) is 104 Å².